The van der Waals surface area contributed by atoms with E-state index in [1.807, 2.05) is 12.1 Å². The highest BCUT2D eigenvalue weighted by atomic mass is 127. The Labute approximate surface area is 90.8 Å². The van der Waals surface area contributed by atoms with Crippen LogP contribution in [-0.2, 0) is 6.54 Å². The zero-order valence-corrected chi connectivity index (χ0v) is 9.32. The van der Waals surface area contributed by atoms with Crippen molar-refractivity contribution in [3.05, 3.63) is 21.5 Å². The number of hydrogen-bond donors (Lipinski definition) is 1. The molecule has 1 fully saturated rings. The van der Waals surface area contributed by atoms with Crippen molar-refractivity contribution in [1.82, 2.24) is 4.98 Å². The van der Waals surface area contributed by atoms with E-state index in [1.165, 1.54) is 0 Å². The molecule has 1 aromatic heterocycles. The lowest BCUT2D eigenvalue weighted by Gasteiger charge is -2.08. The van der Waals surface area contributed by atoms with E-state index in [9.17, 15) is 0 Å². The van der Waals surface area contributed by atoms with Gasteiger partial charge in [-0.05, 0) is 47.6 Å². The Morgan fingerprint density at radius 3 is 2.92 bits per heavy atom. The minimum atomic E-state index is 0.409. The summed E-state index contributed by atoms with van der Waals surface area (Å²) in [6, 6.07) is 3.90. The molecule has 0 radical (unpaired) electrons. The second-order valence-electron chi connectivity index (χ2n) is 3.10. The Morgan fingerprint density at radius 2 is 2.31 bits per heavy atom. The highest BCUT2D eigenvalue weighted by Crippen LogP contribution is 2.28. The lowest BCUT2D eigenvalue weighted by molar-refractivity contribution is 0.298. The first-order valence-electron chi connectivity index (χ1n) is 4.32. The maximum Gasteiger partial charge on any atom is 0.142 e. The van der Waals surface area contributed by atoms with Gasteiger partial charge in [0.2, 0.25) is 0 Å². The van der Waals surface area contributed by atoms with E-state index < -0.39 is 0 Å². The number of pyridine rings is 1. The Kier molecular flexibility index (Phi) is 2.69. The van der Waals surface area contributed by atoms with Crippen molar-refractivity contribution in [2.24, 2.45) is 5.73 Å². The van der Waals surface area contributed by atoms with Crippen LogP contribution >= 0.6 is 22.6 Å². The average Bonchev–Trinajstić information content (AvgIpc) is 2.92. The minimum Gasteiger partial charge on any atom is -0.488 e. The number of rotatable bonds is 3. The first kappa shape index (κ1) is 9.21. The van der Waals surface area contributed by atoms with Gasteiger partial charge in [-0.1, -0.05) is 0 Å². The molecular formula is C9H11IN2O. The van der Waals surface area contributed by atoms with Crippen molar-refractivity contribution in [3.63, 3.8) is 0 Å². The summed E-state index contributed by atoms with van der Waals surface area (Å²) in [7, 11) is 0. The van der Waals surface area contributed by atoms with Crippen LogP contribution in [0, 0.1) is 3.70 Å². The molecule has 0 unspecified atom stereocenters. The predicted molar refractivity (Wildman–Crippen MR) is 58.5 cm³/mol. The van der Waals surface area contributed by atoms with E-state index in [4.69, 9.17) is 10.5 Å². The molecule has 13 heavy (non-hydrogen) atoms. The van der Waals surface area contributed by atoms with Crippen molar-refractivity contribution < 1.29 is 4.74 Å². The summed E-state index contributed by atoms with van der Waals surface area (Å²) in [4.78, 5) is 4.31. The molecule has 1 aliphatic rings. The smallest absolute Gasteiger partial charge is 0.142 e. The first-order chi connectivity index (χ1) is 6.29. The van der Waals surface area contributed by atoms with Crippen molar-refractivity contribution >= 4 is 22.6 Å². The Balaban J connectivity index is 2.21. The van der Waals surface area contributed by atoms with Gasteiger partial charge >= 0.3 is 0 Å². The highest BCUT2D eigenvalue weighted by molar-refractivity contribution is 14.1. The zero-order valence-electron chi connectivity index (χ0n) is 7.16. The molecule has 1 heterocycles. The molecule has 0 bridgehead atoms. The van der Waals surface area contributed by atoms with Gasteiger partial charge in [-0.2, -0.15) is 0 Å². The lowest BCUT2D eigenvalue weighted by Crippen LogP contribution is -2.06. The third-order valence-corrected chi connectivity index (χ3v) is 2.51. The minimum absolute atomic E-state index is 0.409. The third-order valence-electron chi connectivity index (χ3n) is 1.91. The van der Waals surface area contributed by atoms with Crippen LogP contribution in [0.4, 0.5) is 0 Å². The number of nitrogens with two attached hydrogens (primary N) is 1. The van der Waals surface area contributed by atoms with Crippen molar-refractivity contribution in [3.8, 4) is 5.75 Å². The van der Waals surface area contributed by atoms with Crippen LogP contribution in [0.25, 0.3) is 0 Å². The molecule has 0 saturated heterocycles. The van der Waals surface area contributed by atoms with Gasteiger partial charge in [0.15, 0.2) is 0 Å². The SMILES string of the molecule is NCc1nc(I)ccc1OC1CC1. The molecule has 2 N–H and O–H groups in total. The molecule has 2 rings (SSSR count). The van der Waals surface area contributed by atoms with Crippen LogP contribution in [0.15, 0.2) is 12.1 Å². The van der Waals surface area contributed by atoms with Crippen LogP contribution in [0.3, 0.4) is 0 Å². The molecule has 70 valence electrons. The first-order valence-corrected chi connectivity index (χ1v) is 5.39. The van der Waals surface area contributed by atoms with Gasteiger partial charge in [0, 0.05) is 6.54 Å². The number of hydrogen-bond acceptors (Lipinski definition) is 3. The fourth-order valence-electron chi connectivity index (χ4n) is 1.08. The normalized spacial score (nSPS) is 15.8. The number of halogens is 1. The number of aromatic nitrogens is 1. The second kappa shape index (κ2) is 3.79. The van der Waals surface area contributed by atoms with E-state index in [0.717, 1.165) is 28.0 Å². The number of nitrogens with zero attached hydrogens (tertiary/aromatic N) is 1. The van der Waals surface area contributed by atoms with Gasteiger partial charge in [0.05, 0.1) is 11.8 Å². The van der Waals surface area contributed by atoms with Crippen LogP contribution < -0.4 is 10.5 Å². The summed E-state index contributed by atoms with van der Waals surface area (Å²) in [5.74, 6) is 0.852. The summed E-state index contributed by atoms with van der Waals surface area (Å²) >= 11 is 2.17. The quantitative estimate of drug-likeness (QED) is 0.680. The van der Waals surface area contributed by atoms with Gasteiger partial charge in [-0.15, -0.1) is 0 Å². The molecule has 1 aromatic rings. The maximum absolute atomic E-state index is 5.66. The highest BCUT2D eigenvalue weighted by Gasteiger charge is 2.24. The van der Waals surface area contributed by atoms with Crippen molar-refractivity contribution in [2.75, 3.05) is 0 Å². The molecule has 1 saturated carbocycles. The molecule has 4 heteroatoms. The summed E-state index contributed by atoms with van der Waals surface area (Å²) in [5, 5.41) is 0. The van der Waals surface area contributed by atoms with Crippen LogP contribution in [0.1, 0.15) is 18.5 Å². The maximum atomic E-state index is 5.66. The van der Waals surface area contributed by atoms with Crippen LogP contribution in [0.5, 0.6) is 5.75 Å². The lowest BCUT2D eigenvalue weighted by atomic mass is 10.3. The summed E-state index contributed by atoms with van der Waals surface area (Å²) in [5.41, 5.74) is 6.43. The molecular weight excluding hydrogens is 279 g/mol. The Hall–Kier alpha value is -0.360. The molecule has 0 amide bonds. The molecule has 1 aliphatic carbocycles. The fraction of sp³-hybridized carbons (Fsp3) is 0.444. The van der Waals surface area contributed by atoms with E-state index in [0.29, 0.717) is 12.6 Å². The average molecular weight is 290 g/mol. The Morgan fingerprint density at radius 1 is 1.54 bits per heavy atom. The Bertz CT molecular complexity index is 312. The van der Waals surface area contributed by atoms with Gasteiger partial charge in [-0.25, -0.2) is 4.98 Å². The number of ether oxygens (including phenoxy) is 1. The van der Waals surface area contributed by atoms with Crippen LogP contribution in [-0.4, -0.2) is 11.1 Å². The standard InChI is InChI=1S/C9H11IN2O/c10-9-4-3-8(7(5-11)12-9)13-6-1-2-6/h3-4,6H,1-2,5,11H2. The molecule has 0 atom stereocenters. The molecule has 0 aliphatic heterocycles. The summed E-state index contributed by atoms with van der Waals surface area (Å²) < 4.78 is 6.62. The topological polar surface area (TPSA) is 48.1 Å². The molecule has 0 aromatic carbocycles. The summed E-state index contributed by atoms with van der Waals surface area (Å²) in [6.45, 7) is 0.443. The molecule has 3 nitrogen and oxygen atoms in total. The zero-order chi connectivity index (χ0) is 9.26. The van der Waals surface area contributed by atoms with E-state index in [1.54, 1.807) is 0 Å². The third kappa shape index (κ3) is 2.31. The van der Waals surface area contributed by atoms with E-state index in [-0.39, 0.29) is 0 Å². The van der Waals surface area contributed by atoms with Gasteiger partial charge in [0.25, 0.3) is 0 Å². The van der Waals surface area contributed by atoms with Crippen LogP contribution in [0.2, 0.25) is 0 Å². The largest absolute Gasteiger partial charge is 0.488 e. The summed E-state index contributed by atoms with van der Waals surface area (Å²) in [6.07, 6.45) is 2.73. The van der Waals surface area contributed by atoms with Gasteiger partial charge in [-0.3, -0.25) is 0 Å². The van der Waals surface area contributed by atoms with Gasteiger partial charge in [0.1, 0.15) is 9.45 Å². The molecule has 0 spiro atoms. The predicted octanol–water partition coefficient (Wildman–Crippen LogP) is 1.69. The van der Waals surface area contributed by atoms with Crippen molar-refractivity contribution in [1.29, 1.82) is 0 Å². The van der Waals surface area contributed by atoms with Gasteiger partial charge < -0.3 is 10.5 Å². The van der Waals surface area contributed by atoms with Crippen molar-refractivity contribution in [2.45, 2.75) is 25.5 Å². The second-order valence-corrected chi connectivity index (χ2v) is 4.21. The van der Waals surface area contributed by atoms with E-state index >= 15 is 0 Å². The monoisotopic (exact) mass is 290 g/mol. The van der Waals surface area contributed by atoms with E-state index in [2.05, 4.69) is 27.6 Å². The fourth-order valence-corrected chi connectivity index (χ4v) is 1.55.